The van der Waals surface area contributed by atoms with Crippen LogP contribution in [0.15, 0.2) is 58.3 Å². The Morgan fingerprint density at radius 3 is 1.97 bits per heavy atom. The van der Waals surface area contributed by atoms with E-state index in [0.29, 0.717) is 25.7 Å². The van der Waals surface area contributed by atoms with Crippen LogP contribution < -0.4 is 15.1 Å². The fourth-order valence-corrected chi connectivity index (χ4v) is 6.13. The molecule has 10 nitrogen and oxygen atoms in total. The number of likely N-dealkylation sites (tertiary alicyclic amines) is 1. The van der Waals surface area contributed by atoms with Gasteiger partial charge in [0.2, 0.25) is 5.91 Å². The van der Waals surface area contributed by atoms with Crippen molar-refractivity contribution in [3.05, 3.63) is 48.5 Å². The van der Waals surface area contributed by atoms with E-state index in [2.05, 4.69) is 5.32 Å². The molecule has 1 saturated heterocycles. The monoisotopic (exact) mass is 584 g/mol. The van der Waals surface area contributed by atoms with E-state index in [-0.39, 0.29) is 24.5 Å². The molecule has 0 spiro atoms. The Bertz CT molecular complexity index is 1050. The molecule has 2 N–H and O–H groups in total. The highest BCUT2D eigenvalue weighted by Gasteiger charge is 2.43. The molecule has 1 aliphatic heterocycles. The van der Waals surface area contributed by atoms with Gasteiger partial charge in [-0.3, -0.25) is 14.3 Å². The first-order valence-corrected chi connectivity index (χ1v) is 16.3. The van der Waals surface area contributed by atoms with Crippen LogP contribution in [0.5, 0.6) is 11.5 Å². The van der Waals surface area contributed by atoms with E-state index in [1.54, 1.807) is 47.8 Å². The zero-order chi connectivity index (χ0) is 27.5. The van der Waals surface area contributed by atoms with Crippen LogP contribution in [0, 0.1) is 0 Å². The number of nitrogens with one attached hydrogen (secondary N) is 1. The van der Waals surface area contributed by atoms with Gasteiger partial charge in [0.25, 0.3) is 0 Å². The Labute approximate surface area is 231 Å². The normalized spacial score (nSPS) is 16.5. The largest absolute Gasteiger partial charge is 0.465 e. The predicted octanol–water partition coefficient (Wildman–Crippen LogP) is 6.42. The van der Waals surface area contributed by atoms with E-state index in [9.17, 15) is 19.3 Å². The van der Waals surface area contributed by atoms with Gasteiger partial charge in [-0.15, -0.1) is 23.5 Å². The summed E-state index contributed by atoms with van der Waals surface area (Å²) in [4.78, 5) is 38.7. The lowest BCUT2D eigenvalue weighted by atomic mass is 10.0. The fraction of sp³-hybridized carbons (Fsp3) is 0.440. The number of carbonyl (C=O) groups excluding carboxylic acids is 1. The Balaban J connectivity index is 1.82. The predicted molar refractivity (Wildman–Crippen MR) is 147 cm³/mol. The van der Waals surface area contributed by atoms with Crippen molar-refractivity contribution in [3.8, 4) is 11.5 Å². The molecule has 13 heteroatoms. The Morgan fingerprint density at radius 1 is 1.00 bits per heavy atom. The molecule has 38 heavy (non-hydrogen) atoms. The SMILES string of the molecule is CCC[C@H](NC(=O)[C@@H]1CCCCN1C(=O)O)P(=O)(OOc1ccc(SC)cc1)OOc1ccc(SC)cc1. The number of nitrogens with zero attached hydrogens (tertiary/aromatic N) is 1. The smallest absolute Gasteiger partial charge is 0.426 e. The molecule has 1 aliphatic rings. The van der Waals surface area contributed by atoms with Gasteiger partial charge >= 0.3 is 13.7 Å². The first-order valence-electron chi connectivity index (χ1n) is 12.2. The summed E-state index contributed by atoms with van der Waals surface area (Å²) in [6.45, 7) is 2.10. The quantitative estimate of drug-likeness (QED) is 0.118. The molecule has 2 amide bonds. The lowest BCUT2D eigenvalue weighted by Crippen LogP contribution is -2.53. The third-order valence-electron chi connectivity index (χ3n) is 5.90. The van der Waals surface area contributed by atoms with Crippen LogP contribution >= 0.6 is 31.1 Å². The van der Waals surface area contributed by atoms with Crippen LogP contribution in [0.2, 0.25) is 0 Å². The molecular formula is C25H33N2O8PS2. The molecule has 0 bridgehead atoms. The molecule has 0 aliphatic carbocycles. The molecule has 2 aromatic carbocycles. The third-order valence-corrected chi connectivity index (χ3v) is 9.10. The van der Waals surface area contributed by atoms with Gasteiger partial charge in [0.15, 0.2) is 11.5 Å². The molecule has 2 aromatic rings. The number of amides is 2. The van der Waals surface area contributed by atoms with Crippen molar-refractivity contribution in [1.29, 1.82) is 0 Å². The van der Waals surface area contributed by atoms with Crippen molar-refractivity contribution in [2.45, 2.75) is 60.6 Å². The summed E-state index contributed by atoms with van der Waals surface area (Å²) in [5.41, 5.74) is 0. The van der Waals surface area contributed by atoms with E-state index in [4.69, 9.17) is 19.1 Å². The van der Waals surface area contributed by atoms with Crippen molar-refractivity contribution in [2.24, 2.45) is 0 Å². The number of piperidine rings is 1. The summed E-state index contributed by atoms with van der Waals surface area (Å²) in [5, 5.41) is 12.2. The number of thioether (sulfide) groups is 2. The zero-order valence-electron chi connectivity index (χ0n) is 21.5. The minimum absolute atomic E-state index is 0.201. The summed E-state index contributed by atoms with van der Waals surface area (Å²) in [6, 6.07) is 12.9. The zero-order valence-corrected chi connectivity index (χ0v) is 24.1. The topological polar surface area (TPSA) is 124 Å². The molecular weight excluding hydrogens is 551 g/mol. The Kier molecular flexibility index (Phi) is 11.7. The number of hydrogen-bond acceptors (Lipinski definition) is 9. The summed E-state index contributed by atoms with van der Waals surface area (Å²) >= 11 is 3.11. The molecule has 2 atom stereocenters. The highest BCUT2D eigenvalue weighted by atomic mass is 32.2. The van der Waals surface area contributed by atoms with Gasteiger partial charge in [0.05, 0.1) is 0 Å². The van der Waals surface area contributed by atoms with Gasteiger partial charge in [-0.2, -0.15) is 0 Å². The third kappa shape index (κ3) is 8.31. The van der Waals surface area contributed by atoms with Crippen LogP contribution in [-0.2, 0) is 18.7 Å². The van der Waals surface area contributed by atoms with E-state index in [0.717, 1.165) is 14.7 Å². The van der Waals surface area contributed by atoms with E-state index < -0.39 is 31.4 Å². The number of carbonyl (C=O) groups is 2. The second-order valence-electron chi connectivity index (χ2n) is 8.51. The molecule has 0 unspecified atom stereocenters. The number of benzene rings is 2. The van der Waals surface area contributed by atoms with E-state index in [1.807, 2.05) is 43.7 Å². The minimum atomic E-state index is -4.32. The maximum absolute atomic E-state index is 14.1. The maximum Gasteiger partial charge on any atom is 0.426 e. The summed E-state index contributed by atoms with van der Waals surface area (Å²) in [6.07, 6.45) is 5.15. The average molecular weight is 585 g/mol. The van der Waals surface area contributed by atoms with Crippen LogP contribution in [0.3, 0.4) is 0 Å². The Hall–Kier alpha value is -2.37. The van der Waals surface area contributed by atoms with Crippen LogP contribution in [0.25, 0.3) is 0 Å². The van der Waals surface area contributed by atoms with Crippen molar-refractivity contribution in [1.82, 2.24) is 10.2 Å². The summed E-state index contributed by atoms with van der Waals surface area (Å²) in [7, 11) is -4.32. The first kappa shape index (κ1) is 30.2. The standard InChI is InChI=1S/C25H33N2O8PS2/c1-4-7-23(26-24(28)22-8-5-6-17-27(22)25(29)30)36(31,34-32-18-9-13-20(37-2)14-10-18)35-33-19-11-15-21(38-3)16-12-19/h9-16,22-23H,4-8,17H2,1-3H3,(H,26,28)(H,29,30)/t22-,23+/m0/s1. The molecule has 1 heterocycles. The van der Waals surface area contributed by atoms with Crippen LogP contribution in [0.4, 0.5) is 4.79 Å². The van der Waals surface area contributed by atoms with Gasteiger partial charge in [-0.05, 0) is 86.7 Å². The molecule has 0 radical (unpaired) electrons. The second-order valence-corrected chi connectivity index (χ2v) is 12.3. The van der Waals surface area contributed by atoms with Crippen molar-refractivity contribution in [2.75, 3.05) is 19.1 Å². The van der Waals surface area contributed by atoms with Crippen LogP contribution in [-0.4, -0.2) is 52.9 Å². The lowest BCUT2D eigenvalue weighted by molar-refractivity contribution is -0.174. The van der Waals surface area contributed by atoms with Crippen LogP contribution in [0.1, 0.15) is 39.0 Å². The maximum atomic E-state index is 14.1. The average Bonchev–Trinajstić information content (AvgIpc) is 2.95. The van der Waals surface area contributed by atoms with Gasteiger partial charge in [0, 0.05) is 16.3 Å². The van der Waals surface area contributed by atoms with Gasteiger partial charge < -0.3 is 20.2 Å². The highest BCUT2D eigenvalue weighted by molar-refractivity contribution is 7.98. The Morgan fingerprint density at radius 2 is 1.53 bits per heavy atom. The first-order chi connectivity index (χ1) is 18.3. The van der Waals surface area contributed by atoms with Gasteiger partial charge in [-0.25, -0.2) is 4.79 Å². The summed E-state index contributed by atoms with van der Waals surface area (Å²) in [5.74, 6) is -1.18. The van der Waals surface area contributed by atoms with E-state index in [1.165, 1.54) is 0 Å². The molecule has 3 rings (SSSR count). The van der Waals surface area contributed by atoms with Gasteiger partial charge in [0.1, 0.15) is 11.8 Å². The second kappa shape index (κ2) is 14.7. The molecule has 208 valence electrons. The molecule has 1 fully saturated rings. The van der Waals surface area contributed by atoms with Crippen molar-refractivity contribution in [3.63, 3.8) is 0 Å². The number of carboxylic acid groups (broad SMARTS) is 1. The lowest BCUT2D eigenvalue weighted by Gasteiger charge is -2.34. The van der Waals surface area contributed by atoms with Gasteiger partial charge in [-0.1, -0.05) is 22.7 Å². The number of rotatable bonds is 13. The fourth-order valence-electron chi connectivity index (χ4n) is 3.85. The minimum Gasteiger partial charge on any atom is -0.465 e. The van der Waals surface area contributed by atoms with Crippen molar-refractivity contribution >= 4 is 43.1 Å². The highest BCUT2D eigenvalue weighted by Crippen LogP contribution is 2.54. The molecule has 0 saturated carbocycles. The summed E-state index contributed by atoms with van der Waals surface area (Å²) < 4.78 is 24.9. The van der Waals surface area contributed by atoms with Crippen molar-refractivity contribution < 1.29 is 38.4 Å². The number of hydrogen-bond donors (Lipinski definition) is 2. The van der Waals surface area contributed by atoms with E-state index >= 15 is 0 Å². The molecule has 0 aromatic heterocycles.